The average molecular weight is 255 g/mol. The van der Waals surface area contributed by atoms with E-state index in [0.717, 1.165) is 22.7 Å². The first-order chi connectivity index (χ1) is 8.78. The van der Waals surface area contributed by atoms with Gasteiger partial charge in [-0.3, -0.25) is 4.98 Å². The number of aryl methyl sites for hydroxylation is 1. The van der Waals surface area contributed by atoms with Crippen LogP contribution in [0.3, 0.4) is 0 Å². The second-order valence-corrected chi connectivity index (χ2v) is 5.08. The molecule has 2 aromatic heterocycles. The summed E-state index contributed by atoms with van der Waals surface area (Å²) < 4.78 is 6.44. The van der Waals surface area contributed by atoms with Crippen LogP contribution in [-0.2, 0) is 0 Å². The predicted octanol–water partition coefficient (Wildman–Crippen LogP) is 4.28. The lowest BCUT2D eigenvalue weighted by Crippen LogP contribution is -1.88. The topological polar surface area (TPSA) is 22.1 Å². The number of rotatable bonds is 2. The molecule has 0 aliphatic heterocycles. The average Bonchev–Trinajstić information content (AvgIpc) is 2.88. The predicted molar refractivity (Wildman–Crippen MR) is 76.3 cm³/mol. The zero-order valence-electron chi connectivity index (χ0n) is 10.3. The van der Waals surface area contributed by atoms with Crippen molar-refractivity contribution in [3.05, 3.63) is 47.5 Å². The fourth-order valence-electron chi connectivity index (χ4n) is 2.05. The van der Waals surface area contributed by atoms with Crippen LogP contribution in [-0.4, -0.2) is 12.1 Å². The van der Waals surface area contributed by atoms with Crippen LogP contribution in [0.5, 0.6) is 5.75 Å². The molecule has 1 aromatic carbocycles. The summed E-state index contributed by atoms with van der Waals surface area (Å²) in [7, 11) is 1.68. The number of benzene rings is 1. The first-order valence-corrected chi connectivity index (χ1v) is 6.65. The van der Waals surface area contributed by atoms with Crippen molar-refractivity contribution < 1.29 is 4.74 Å². The monoisotopic (exact) mass is 255 g/mol. The van der Waals surface area contributed by atoms with E-state index in [4.69, 9.17) is 4.74 Å². The van der Waals surface area contributed by atoms with E-state index in [9.17, 15) is 0 Å². The minimum absolute atomic E-state index is 0.868. The van der Waals surface area contributed by atoms with E-state index in [1.54, 1.807) is 18.4 Å². The van der Waals surface area contributed by atoms with Crippen molar-refractivity contribution in [2.75, 3.05) is 7.11 Å². The van der Waals surface area contributed by atoms with E-state index in [1.807, 2.05) is 24.3 Å². The molecular formula is C15H13NOS. The zero-order valence-corrected chi connectivity index (χ0v) is 11.1. The van der Waals surface area contributed by atoms with Gasteiger partial charge < -0.3 is 4.74 Å². The number of thiophene rings is 1. The summed E-state index contributed by atoms with van der Waals surface area (Å²) >= 11 is 1.74. The maximum absolute atomic E-state index is 5.17. The number of aromatic nitrogens is 1. The summed E-state index contributed by atoms with van der Waals surface area (Å²) in [5, 5.41) is 3.37. The largest absolute Gasteiger partial charge is 0.497 e. The van der Waals surface area contributed by atoms with Crippen LogP contribution in [0.4, 0.5) is 0 Å². The molecule has 0 bridgehead atoms. The maximum Gasteiger partial charge on any atom is 0.118 e. The third kappa shape index (κ3) is 1.87. The quantitative estimate of drug-likeness (QED) is 0.682. The van der Waals surface area contributed by atoms with Crippen LogP contribution in [0.2, 0.25) is 0 Å². The summed E-state index contributed by atoms with van der Waals surface area (Å²) in [6.45, 7) is 2.06. The van der Waals surface area contributed by atoms with Crippen LogP contribution < -0.4 is 4.74 Å². The number of hydrogen-bond acceptors (Lipinski definition) is 3. The SMILES string of the molecule is COc1ccc(-c2cc3ccsc3c(C)n2)cc1. The van der Waals surface area contributed by atoms with E-state index < -0.39 is 0 Å². The Morgan fingerprint density at radius 2 is 1.89 bits per heavy atom. The minimum atomic E-state index is 0.868. The second-order valence-electron chi connectivity index (χ2n) is 4.16. The van der Waals surface area contributed by atoms with Crippen molar-refractivity contribution >= 4 is 21.4 Å². The fourth-order valence-corrected chi connectivity index (χ4v) is 2.88. The highest BCUT2D eigenvalue weighted by Gasteiger charge is 2.05. The van der Waals surface area contributed by atoms with Gasteiger partial charge in [-0.15, -0.1) is 11.3 Å². The third-order valence-corrected chi connectivity index (χ3v) is 4.03. The van der Waals surface area contributed by atoms with Gasteiger partial charge in [0.25, 0.3) is 0 Å². The van der Waals surface area contributed by atoms with Crippen molar-refractivity contribution in [2.24, 2.45) is 0 Å². The lowest BCUT2D eigenvalue weighted by molar-refractivity contribution is 0.415. The first kappa shape index (κ1) is 11.2. The lowest BCUT2D eigenvalue weighted by atomic mass is 10.1. The van der Waals surface area contributed by atoms with Gasteiger partial charge in [-0.1, -0.05) is 0 Å². The molecule has 0 N–H and O–H groups in total. The molecule has 0 fully saturated rings. The van der Waals surface area contributed by atoms with Gasteiger partial charge in [0, 0.05) is 5.56 Å². The Labute approximate surface area is 110 Å². The summed E-state index contributed by atoms with van der Waals surface area (Å²) in [4.78, 5) is 4.67. The van der Waals surface area contributed by atoms with Crippen molar-refractivity contribution in [2.45, 2.75) is 6.92 Å². The molecule has 3 rings (SSSR count). The molecular weight excluding hydrogens is 242 g/mol. The van der Waals surface area contributed by atoms with Crippen LogP contribution in [0.15, 0.2) is 41.8 Å². The standard InChI is InChI=1S/C15H13NOS/c1-10-15-12(7-8-18-15)9-14(16-10)11-3-5-13(17-2)6-4-11/h3-9H,1-2H3. The molecule has 0 aliphatic rings. The Morgan fingerprint density at radius 3 is 2.61 bits per heavy atom. The molecule has 2 nitrogen and oxygen atoms in total. The minimum Gasteiger partial charge on any atom is -0.497 e. The third-order valence-electron chi connectivity index (χ3n) is 2.99. The van der Waals surface area contributed by atoms with Gasteiger partial charge in [0.2, 0.25) is 0 Å². The molecule has 0 aliphatic carbocycles. The highest BCUT2D eigenvalue weighted by atomic mass is 32.1. The molecule has 0 unspecified atom stereocenters. The molecule has 0 atom stereocenters. The maximum atomic E-state index is 5.17. The Kier molecular flexibility index (Phi) is 2.76. The first-order valence-electron chi connectivity index (χ1n) is 5.77. The van der Waals surface area contributed by atoms with Gasteiger partial charge in [0.05, 0.1) is 23.2 Å². The number of methoxy groups -OCH3 is 1. The van der Waals surface area contributed by atoms with Gasteiger partial charge in [0.15, 0.2) is 0 Å². The van der Waals surface area contributed by atoms with Crippen LogP contribution in [0.1, 0.15) is 5.69 Å². The highest BCUT2D eigenvalue weighted by molar-refractivity contribution is 7.17. The number of fused-ring (bicyclic) bond motifs is 1. The Morgan fingerprint density at radius 1 is 1.11 bits per heavy atom. The van der Waals surface area contributed by atoms with E-state index in [0.29, 0.717) is 0 Å². The summed E-state index contributed by atoms with van der Waals surface area (Å²) in [5.41, 5.74) is 3.22. The molecule has 2 heterocycles. The normalized spacial score (nSPS) is 10.8. The number of nitrogens with zero attached hydrogens (tertiary/aromatic N) is 1. The molecule has 0 spiro atoms. The summed E-state index contributed by atoms with van der Waals surface area (Å²) in [6.07, 6.45) is 0. The van der Waals surface area contributed by atoms with Crippen molar-refractivity contribution in [1.29, 1.82) is 0 Å². The Bertz CT molecular complexity index is 685. The molecule has 18 heavy (non-hydrogen) atoms. The van der Waals surface area contributed by atoms with Crippen molar-refractivity contribution in [1.82, 2.24) is 4.98 Å². The lowest BCUT2D eigenvalue weighted by Gasteiger charge is -2.05. The van der Waals surface area contributed by atoms with E-state index >= 15 is 0 Å². The van der Waals surface area contributed by atoms with Gasteiger partial charge in [0.1, 0.15) is 5.75 Å². The summed E-state index contributed by atoms with van der Waals surface area (Å²) in [5.74, 6) is 0.868. The molecule has 0 saturated carbocycles. The molecule has 0 radical (unpaired) electrons. The number of ether oxygens (including phenoxy) is 1. The highest BCUT2D eigenvalue weighted by Crippen LogP contribution is 2.28. The number of hydrogen-bond donors (Lipinski definition) is 0. The van der Waals surface area contributed by atoms with Crippen molar-refractivity contribution in [3.8, 4) is 17.0 Å². The van der Waals surface area contributed by atoms with E-state index in [-0.39, 0.29) is 0 Å². The Hall–Kier alpha value is -1.87. The van der Waals surface area contributed by atoms with Gasteiger partial charge in [-0.05, 0) is 54.1 Å². The van der Waals surface area contributed by atoms with Crippen LogP contribution in [0, 0.1) is 6.92 Å². The second kappa shape index (κ2) is 4.42. The van der Waals surface area contributed by atoms with E-state index in [1.165, 1.54) is 10.1 Å². The molecule has 0 saturated heterocycles. The summed E-state index contributed by atoms with van der Waals surface area (Å²) in [6, 6.07) is 12.3. The van der Waals surface area contributed by atoms with Crippen molar-refractivity contribution in [3.63, 3.8) is 0 Å². The Balaban J connectivity index is 2.12. The van der Waals surface area contributed by atoms with Crippen LogP contribution in [0.25, 0.3) is 21.3 Å². The smallest absolute Gasteiger partial charge is 0.118 e. The van der Waals surface area contributed by atoms with Gasteiger partial charge in [-0.25, -0.2) is 0 Å². The molecule has 3 aromatic rings. The fraction of sp³-hybridized carbons (Fsp3) is 0.133. The zero-order chi connectivity index (χ0) is 12.5. The van der Waals surface area contributed by atoms with E-state index in [2.05, 4.69) is 29.4 Å². The molecule has 3 heteroatoms. The number of pyridine rings is 1. The van der Waals surface area contributed by atoms with Gasteiger partial charge in [-0.2, -0.15) is 0 Å². The molecule has 0 amide bonds. The molecule has 90 valence electrons. The van der Waals surface area contributed by atoms with Crippen LogP contribution >= 0.6 is 11.3 Å². The van der Waals surface area contributed by atoms with Gasteiger partial charge >= 0.3 is 0 Å².